The SMILES string of the molecule is COc1ccc(CNC(=O)c2ccc(Cl)cc2F)cc1. The van der Waals surface area contributed by atoms with Crippen LogP contribution in [-0.2, 0) is 6.54 Å². The van der Waals surface area contributed by atoms with Gasteiger partial charge in [0.1, 0.15) is 11.6 Å². The van der Waals surface area contributed by atoms with E-state index in [1.165, 1.54) is 12.1 Å². The Kier molecular flexibility index (Phi) is 4.58. The summed E-state index contributed by atoms with van der Waals surface area (Å²) in [5.74, 6) is -0.372. The van der Waals surface area contributed by atoms with Crippen LogP contribution in [0.15, 0.2) is 42.5 Å². The van der Waals surface area contributed by atoms with Crippen molar-refractivity contribution in [2.24, 2.45) is 0 Å². The van der Waals surface area contributed by atoms with Gasteiger partial charge >= 0.3 is 0 Å². The minimum Gasteiger partial charge on any atom is -0.497 e. The summed E-state index contributed by atoms with van der Waals surface area (Å²) >= 11 is 5.64. The maximum absolute atomic E-state index is 13.6. The second-order valence-electron chi connectivity index (χ2n) is 4.15. The lowest BCUT2D eigenvalue weighted by Gasteiger charge is -2.07. The molecule has 0 saturated heterocycles. The predicted octanol–water partition coefficient (Wildman–Crippen LogP) is 3.42. The Morgan fingerprint density at radius 2 is 1.95 bits per heavy atom. The van der Waals surface area contributed by atoms with Gasteiger partial charge in [-0.25, -0.2) is 4.39 Å². The van der Waals surface area contributed by atoms with Crippen LogP contribution in [0.25, 0.3) is 0 Å². The number of amides is 1. The number of benzene rings is 2. The molecule has 0 aliphatic rings. The van der Waals surface area contributed by atoms with Crippen LogP contribution in [-0.4, -0.2) is 13.0 Å². The van der Waals surface area contributed by atoms with Crippen LogP contribution >= 0.6 is 11.6 Å². The molecule has 0 bridgehead atoms. The first-order valence-corrected chi connectivity index (χ1v) is 6.34. The third-order valence-corrected chi connectivity index (χ3v) is 3.02. The Hall–Kier alpha value is -2.07. The summed E-state index contributed by atoms with van der Waals surface area (Å²) in [4.78, 5) is 11.9. The monoisotopic (exact) mass is 293 g/mol. The van der Waals surface area contributed by atoms with Crippen molar-refractivity contribution in [1.29, 1.82) is 0 Å². The molecule has 0 spiro atoms. The van der Waals surface area contributed by atoms with E-state index < -0.39 is 11.7 Å². The van der Waals surface area contributed by atoms with E-state index in [0.29, 0.717) is 6.54 Å². The van der Waals surface area contributed by atoms with Crippen LogP contribution in [0, 0.1) is 5.82 Å². The molecular formula is C15H13ClFNO2. The zero-order chi connectivity index (χ0) is 14.5. The molecule has 20 heavy (non-hydrogen) atoms. The Labute approximate surface area is 121 Å². The molecule has 3 nitrogen and oxygen atoms in total. The average molecular weight is 294 g/mol. The van der Waals surface area contributed by atoms with Gasteiger partial charge in [-0.1, -0.05) is 23.7 Å². The van der Waals surface area contributed by atoms with Gasteiger partial charge in [0.2, 0.25) is 0 Å². The molecule has 0 aliphatic carbocycles. The summed E-state index contributed by atoms with van der Waals surface area (Å²) < 4.78 is 18.6. The number of rotatable bonds is 4. The van der Waals surface area contributed by atoms with Crippen molar-refractivity contribution in [3.8, 4) is 5.75 Å². The fraction of sp³-hybridized carbons (Fsp3) is 0.133. The third kappa shape index (κ3) is 3.48. The molecule has 0 radical (unpaired) electrons. The minimum absolute atomic E-state index is 0.0251. The summed E-state index contributed by atoms with van der Waals surface area (Å²) in [6.07, 6.45) is 0. The van der Waals surface area contributed by atoms with Gasteiger partial charge in [-0.2, -0.15) is 0 Å². The second-order valence-corrected chi connectivity index (χ2v) is 4.59. The lowest BCUT2D eigenvalue weighted by atomic mass is 10.2. The number of carbonyl (C=O) groups is 1. The molecule has 0 aromatic heterocycles. The lowest BCUT2D eigenvalue weighted by molar-refractivity contribution is 0.0947. The van der Waals surface area contributed by atoms with E-state index in [9.17, 15) is 9.18 Å². The maximum Gasteiger partial charge on any atom is 0.254 e. The van der Waals surface area contributed by atoms with Crippen LogP contribution in [0.4, 0.5) is 4.39 Å². The van der Waals surface area contributed by atoms with Crippen molar-refractivity contribution in [2.75, 3.05) is 7.11 Å². The summed E-state index contributed by atoms with van der Waals surface area (Å²) in [6, 6.07) is 11.2. The molecule has 0 saturated carbocycles. The van der Waals surface area contributed by atoms with Crippen LogP contribution in [0.2, 0.25) is 5.02 Å². The zero-order valence-electron chi connectivity index (χ0n) is 10.8. The summed E-state index contributed by atoms with van der Waals surface area (Å²) in [5.41, 5.74) is 0.872. The van der Waals surface area contributed by atoms with Crippen molar-refractivity contribution in [3.05, 3.63) is 64.4 Å². The van der Waals surface area contributed by atoms with E-state index in [1.54, 1.807) is 19.2 Å². The fourth-order valence-electron chi connectivity index (χ4n) is 1.69. The molecule has 104 valence electrons. The molecule has 1 N–H and O–H groups in total. The van der Waals surface area contributed by atoms with Crippen LogP contribution in [0.3, 0.4) is 0 Å². The highest BCUT2D eigenvalue weighted by Gasteiger charge is 2.11. The van der Waals surface area contributed by atoms with E-state index in [-0.39, 0.29) is 10.6 Å². The Bertz CT molecular complexity index is 614. The highest BCUT2D eigenvalue weighted by molar-refractivity contribution is 6.30. The number of methoxy groups -OCH3 is 1. The molecular weight excluding hydrogens is 281 g/mol. The van der Waals surface area contributed by atoms with Gasteiger partial charge in [0.25, 0.3) is 5.91 Å². The van der Waals surface area contributed by atoms with Crippen LogP contribution in [0.5, 0.6) is 5.75 Å². The van der Waals surface area contributed by atoms with Gasteiger partial charge < -0.3 is 10.1 Å². The zero-order valence-corrected chi connectivity index (χ0v) is 11.6. The van der Waals surface area contributed by atoms with E-state index in [2.05, 4.69) is 5.32 Å². The lowest BCUT2D eigenvalue weighted by Crippen LogP contribution is -2.23. The third-order valence-electron chi connectivity index (χ3n) is 2.79. The van der Waals surface area contributed by atoms with Crippen molar-refractivity contribution >= 4 is 17.5 Å². The van der Waals surface area contributed by atoms with E-state index in [0.717, 1.165) is 17.4 Å². The normalized spacial score (nSPS) is 10.2. The molecule has 2 rings (SSSR count). The predicted molar refractivity (Wildman–Crippen MR) is 75.6 cm³/mol. The number of hydrogen-bond acceptors (Lipinski definition) is 2. The van der Waals surface area contributed by atoms with Crippen molar-refractivity contribution in [2.45, 2.75) is 6.54 Å². The highest BCUT2D eigenvalue weighted by atomic mass is 35.5. The molecule has 2 aromatic carbocycles. The average Bonchev–Trinajstić information content (AvgIpc) is 2.45. The van der Waals surface area contributed by atoms with Gasteiger partial charge in [-0.05, 0) is 35.9 Å². The number of ether oxygens (including phenoxy) is 1. The van der Waals surface area contributed by atoms with Crippen LogP contribution in [0.1, 0.15) is 15.9 Å². The molecule has 5 heteroatoms. The Morgan fingerprint density at radius 3 is 2.55 bits per heavy atom. The first-order valence-electron chi connectivity index (χ1n) is 5.96. The Balaban J connectivity index is 2.00. The summed E-state index contributed by atoms with van der Waals surface area (Å²) in [7, 11) is 1.58. The number of hydrogen-bond donors (Lipinski definition) is 1. The first kappa shape index (κ1) is 14.3. The molecule has 0 heterocycles. The second kappa shape index (κ2) is 6.39. The molecule has 1 amide bonds. The van der Waals surface area contributed by atoms with E-state index in [1.807, 2.05) is 12.1 Å². The largest absolute Gasteiger partial charge is 0.497 e. The standard InChI is InChI=1S/C15H13ClFNO2/c1-20-12-5-2-10(3-6-12)9-18-15(19)13-7-4-11(16)8-14(13)17/h2-8H,9H2,1H3,(H,18,19). The molecule has 0 fully saturated rings. The van der Waals surface area contributed by atoms with Crippen LogP contribution < -0.4 is 10.1 Å². The quantitative estimate of drug-likeness (QED) is 0.938. The first-order chi connectivity index (χ1) is 9.60. The molecule has 0 unspecified atom stereocenters. The number of carbonyl (C=O) groups excluding carboxylic acids is 1. The molecule has 0 atom stereocenters. The van der Waals surface area contributed by atoms with Gasteiger partial charge in [0, 0.05) is 11.6 Å². The van der Waals surface area contributed by atoms with E-state index >= 15 is 0 Å². The molecule has 2 aromatic rings. The summed E-state index contributed by atoms with van der Waals surface area (Å²) in [5, 5.41) is 2.91. The highest BCUT2D eigenvalue weighted by Crippen LogP contribution is 2.15. The van der Waals surface area contributed by atoms with Crippen molar-refractivity contribution in [3.63, 3.8) is 0 Å². The van der Waals surface area contributed by atoms with Gasteiger partial charge in [-0.3, -0.25) is 4.79 Å². The fourth-order valence-corrected chi connectivity index (χ4v) is 1.85. The number of nitrogens with one attached hydrogen (secondary N) is 1. The minimum atomic E-state index is -0.635. The Morgan fingerprint density at radius 1 is 1.25 bits per heavy atom. The van der Waals surface area contributed by atoms with Crippen molar-refractivity contribution < 1.29 is 13.9 Å². The van der Waals surface area contributed by atoms with Gasteiger partial charge in [0.05, 0.1) is 12.7 Å². The van der Waals surface area contributed by atoms with Gasteiger partial charge in [-0.15, -0.1) is 0 Å². The van der Waals surface area contributed by atoms with E-state index in [4.69, 9.17) is 16.3 Å². The van der Waals surface area contributed by atoms with Gasteiger partial charge in [0.15, 0.2) is 0 Å². The smallest absolute Gasteiger partial charge is 0.254 e. The number of halogens is 2. The maximum atomic E-state index is 13.6. The summed E-state index contributed by atoms with van der Waals surface area (Å²) in [6.45, 7) is 0.310. The van der Waals surface area contributed by atoms with Crippen molar-refractivity contribution in [1.82, 2.24) is 5.32 Å². The molecule has 0 aliphatic heterocycles. The topological polar surface area (TPSA) is 38.3 Å².